The number of rotatable bonds is 6. The van der Waals surface area contributed by atoms with Gasteiger partial charge in [0.05, 0.1) is 5.56 Å². The van der Waals surface area contributed by atoms with Crippen molar-refractivity contribution in [1.29, 1.82) is 0 Å². The summed E-state index contributed by atoms with van der Waals surface area (Å²) in [7, 11) is 0. The molecule has 2 aromatic rings. The number of urea groups is 1. The van der Waals surface area contributed by atoms with Crippen LogP contribution in [-0.4, -0.2) is 35.1 Å². The van der Waals surface area contributed by atoms with E-state index in [-0.39, 0.29) is 24.6 Å². The zero-order valence-corrected chi connectivity index (χ0v) is 14.3. The number of aryl methyl sites for hydroxylation is 1. The summed E-state index contributed by atoms with van der Waals surface area (Å²) in [5.41, 5.74) is -0.939. The number of carbonyl (C=O) groups excluding carboxylic acids is 2. The number of hydrogen-bond acceptors (Lipinski definition) is 4. The summed E-state index contributed by atoms with van der Waals surface area (Å²) < 4.78 is 43.1. The molecule has 0 atom stereocenters. The molecule has 1 aromatic carbocycles. The second kappa shape index (κ2) is 8.39. The van der Waals surface area contributed by atoms with Crippen molar-refractivity contribution in [2.45, 2.75) is 13.1 Å². The molecule has 0 unspecified atom stereocenters. The molecule has 0 aliphatic carbocycles. The molecular weight excluding hydrogens is 365 g/mol. The Morgan fingerprint density at radius 3 is 2.63 bits per heavy atom. The van der Waals surface area contributed by atoms with Crippen LogP contribution >= 0.6 is 0 Å². The average Bonchev–Trinajstić information content (AvgIpc) is 2.98. The van der Waals surface area contributed by atoms with E-state index >= 15 is 0 Å². The number of hydrogen-bond donors (Lipinski definition) is 2. The van der Waals surface area contributed by atoms with Crippen LogP contribution in [0.25, 0.3) is 0 Å². The molecule has 0 spiro atoms. The summed E-state index contributed by atoms with van der Waals surface area (Å²) in [5.74, 6) is 0.134. The summed E-state index contributed by atoms with van der Waals surface area (Å²) in [6, 6.07) is 4.94. The van der Waals surface area contributed by atoms with Gasteiger partial charge in [0.2, 0.25) is 5.91 Å². The van der Waals surface area contributed by atoms with Crippen molar-refractivity contribution in [2.75, 3.05) is 23.7 Å². The molecular formula is C17H17F3N4O3. The molecule has 10 heteroatoms. The van der Waals surface area contributed by atoms with E-state index in [0.717, 1.165) is 17.0 Å². The van der Waals surface area contributed by atoms with Gasteiger partial charge in [-0.1, -0.05) is 17.3 Å². The van der Waals surface area contributed by atoms with Gasteiger partial charge in [0.15, 0.2) is 5.82 Å². The van der Waals surface area contributed by atoms with Gasteiger partial charge in [-0.3, -0.25) is 4.79 Å². The minimum absolute atomic E-state index is 0.00998. The summed E-state index contributed by atoms with van der Waals surface area (Å²) in [6.07, 6.45) is -3.14. The molecule has 1 aromatic heterocycles. The molecule has 2 rings (SSSR count). The molecule has 0 aliphatic heterocycles. The van der Waals surface area contributed by atoms with Crippen LogP contribution in [0.15, 0.2) is 47.5 Å². The van der Waals surface area contributed by atoms with E-state index < -0.39 is 23.7 Å². The van der Waals surface area contributed by atoms with Crippen LogP contribution < -0.4 is 10.6 Å². The first-order valence-electron chi connectivity index (χ1n) is 7.76. The zero-order valence-electron chi connectivity index (χ0n) is 14.3. The first kappa shape index (κ1) is 20.0. The van der Waals surface area contributed by atoms with Crippen molar-refractivity contribution in [2.24, 2.45) is 0 Å². The zero-order chi connectivity index (χ0) is 20.0. The molecule has 7 nitrogen and oxygen atoms in total. The van der Waals surface area contributed by atoms with Gasteiger partial charge < -0.3 is 20.1 Å². The third kappa shape index (κ3) is 5.87. The molecule has 0 radical (unpaired) electrons. The highest BCUT2D eigenvalue weighted by molar-refractivity contribution is 5.96. The smallest absolute Gasteiger partial charge is 0.360 e. The normalized spacial score (nSPS) is 11.0. The Labute approximate surface area is 152 Å². The van der Waals surface area contributed by atoms with E-state index in [0.29, 0.717) is 5.76 Å². The minimum atomic E-state index is -4.53. The number of nitrogens with one attached hydrogen (secondary N) is 2. The Kier molecular flexibility index (Phi) is 6.22. The lowest BCUT2D eigenvalue weighted by atomic mass is 10.2. The van der Waals surface area contributed by atoms with E-state index in [1.165, 1.54) is 24.3 Å². The maximum absolute atomic E-state index is 12.8. The van der Waals surface area contributed by atoms with Crippen molar-refractivity contribution in [3.63, 3.8) is 0 Å². The van der Waals surface area contributed by atoms with Gasteiger partial charge in [0.25, 0.3) is 0 Å². The Bertz CT molecular complexity index is 833. The second-order valence-corrected chi connectivity index (χ2v) is 5.55. The van der Waals surface area contributed by atoms with Crippen LogP contribution in [0.5, 0.6) is 0 Å². The summed E-state index contributed by atoms with van der Waals surface area (Å²) in [5, 5.41) is 8.39. The van der Waals surface area contributed by atoms with E-state index in [9.17, 15) is 22.8 Å². The van der Waals surface area contributed by atoms with Crippen LogP contribution in [0.3, 0.4) is 0 Å². The Balaban J connectivity index is 2.03. The van der Waals surface area contributed by atoms with Crippen molar-refractivity contribution in [3.8, 4) is 0 Å². The topological polar surface area (TPSA) is 87.5 Å². The van der Waals surface area contributed by atoms with E-state index in [1.54, 1.807) is 6.92 Å². The van der Waals surface area contributed by atoms with Crippen LogP contribution in [0.2, 0.25) is 0 Å². The standard InChI is InChI=1S/C17H17F3N4O3/c1-3-7-24(10-15(25)22-14-8-11(2)27-23-14)16(26)21-13-6-4-5-12(9-13)17(18,19)20/h3-6,8-9H,1,7,10H2,2H3,(H,21,26)(H,22,23,25). The number of alkyl halides is 3. The number of aromatic nitrogens is 1. The van der Waals surface area contributed by atoms with Crippen LogP contribution in [0, 0.1) is 6.92 Å². The fourth-order valence-electron chi connectivity index (χ4n) is 2.13. The fourth-order valence-corrected chi connectivity index (χ4v) is 2.13. The van der Waals surface area contributed by atoms with Crippen molar-refractivity contribution < 1.29 is 27.3 Å². The third-order valence-corrected chi connectivity index (χ3v) is 3.31. The summed E-state index contributed by atoms with van der Waals surface area (Å²) in [4.78, 5) is 25.5. The lowest BCUT2D eigenvalue weighted by Crippen LogP contribution is -2.40. The first-order chi connectivity index (χ1) is 12.7. The van der Waals surface area contributed by atoms with E-state index in [4.69, 9.17) is 4.52 Å². The SMILES string of the molecule is C=CCN(CC(=O)Nc1cc(C)on1)C(=O)Nc1cccc(C(F)(F)F)c1. The average molecular weight is 382 g/mol. The van der Waals surface area contributed by atoms with Gasteiger partial charge in [-0.15, -0.1) is 6.58 Å². The number of amides is 3. The number of nitrogens with zero attached hydrogens (tertiary/aromatic N) is 2. The molecule has 1 heterocycles. The predicted molar refractivity (Wildman–Crippen MR) is 92.1 cm³/mol. The van der Waals surface area contributed by atoms with Crippen molar-refractivity contribution >= 4 is 23.4 Å². The first-order valence-corrected chi connectivity index (χ1v) is 7.76. The third-order valence-electron chi connectivity index (χ3n) is 3.31. The van der Waals surface area contributed by atoms with Crippen LogP contribution in [0.1, 0.15) is 11.3 Å². The van der Waals surface area contributed by atoms with Crippen molar-refractivity contribution in [1.82, 2.24) is 10.1 Å². The Morgan fingerprint density at radius 2 is 2.04 bits per heavy atom. The molecule has 0 bridgehead atoms. The largest absolute Gasteiger partial charge is 0.416 e. The fraction of sp³-hybridized carbons (Fsp3) is 0.235. The van der Waals surface area contributed by atoms with Gasteiger partial charge in [0.1, 0.15) is 12.3 Å². The number of benzene rings is 1. The number of anilines is 2. The minimum Gasteiger partial charge on any atom is -0.360 e. The van der Waals surface area contributed by atoms with Gasteiger partial charge in [-0.05, 0) is 25.1 Å². The summed E-state index contributed by atoms with van der Waals surface area (Å²) >= 11 is 0. The Morgan fingerprint density at radius 1 is 1.30 bits per heavy atom. The molecule has 2 N–H and O–H groups in total. The highest BCUT2D eigenvalue weighted by Gasteiger charge is 2.30. The Hall–Kier alpha value is -3.30. The lowest BCUT2D eigenvalue weighted by molar-refractivity contribution is -0.137. The molecule has 27 heavy (non-hydrogen) atoms. The highest BCUT2D eigenvalue weighted by atomic mass is 19.4. The molecule has 3 amide bonds. The molecule has 0 fully saturated rings. The summed E-state index contributed by atoms with van der Waals surface area (Å²) in [6.45, 7) is 4.80. The van der Waals surface area contributed by atoms with Crippen LogP contribution in [-0.2, 0) is 11.0 Å². The quantitative estimate of drug-likeness (QED) is 0.747. The van der Waals surface area contributed by atoms with E-state index in [1.807, 2.05) is 0 Å². The number of halogens is 3. The van der Waals surface area contributed by atoms with Gasteiger partial charge in [-0.2, -0.15) is 13.2 Å². The second-order valence-electron chi connectivity index (χ2n) is 5.55. The predicted octanol–water partition coefficient (Wildman–Crippen LogP) is 3.66. The molecule has 0 aliphatic rings. The maximum Gasteiger partial charge on any atom is 0.416 e. The number of carbonyl (C=O) groups is 2. The lowest BCUT2D eigenvalue weighted by Gasteiger charge is -2.21. The molecule has 144 valence electrons. The monoisotopic (exact) mass is 382 g/mol. The van der Waals surface area contributed by atoms with Gasteiger partial charge >= 0.3 is 12.2 Å². The molecule has 0 saturated heterocycles. The van der Waals surface area contributed by atoms with Gasteiger partial charge in [0, 0.05) is 18.3 Å². The molecule has 0 saturated carbocycles. The van der Waals surface area contributed by atoms with Crippen LogP contribution in [0.4, 0.5) is 29.5 Å². The van der Waals surface area contributed by atoms with Crippen molar-refractivity contribution in [3.05, 3.63) is 54.3 Å². The van der Waals surface area contributed by atoms with Gasteiger partial charge in [-0.25, -0.2) is 4.79 Å². The maximum atomic E-state index is 12.8. The van der Waals surface area contributed by atoms with E-state index in [2.05, 4.69) is 22.4 Å². The highest BCUT2D eigenvalue weighted by Crippen LogP contribution is 2.30.